The summed E-state index contributed by atoms with van der Waals surface area (Å²) in [4.78, 5) is 13.0. The molecule has 0 aliphatic carbocycles. The molecule has 0 atom stereocenters. The SMILES string of the molecule is COc1ccc(-c2csc3ncnc(N/N=C(\C)c4c(C)c[nH]c4C)c23)cc1. The van der Waals surface area contributed by atoms with Gasteiger partial charge in [0.1, 0.15) is 16.9 Å². The van der Waals surface area contributed by atoms with Crippen molar-refractivity contribution in [3.05, 3.63) is 59.0 Å². The van der Waals surface area contributed by atoms with Gasteiger partial charge in [0.2, 0.25) is 0 Å². The number of fused-ring (bicyclic) bond motifs is 1. The number of aromatic nitrogens is 3. The molecule has 4 aromatic rings. The molecular formula is C21H21N5OS. The van der Waals surface area contributed by atoms with Crippen LogP contribution in [0.15, 0.2) is 47.3 Å². The summed E-state index contributed by atoms with van der Waals surface area (Å²) in [5.41, 5.74) is 9.62. The molecule has 0 saturated carbocycles. The molecule has 0 bridgehead atoms. The fourth-order valence-corrected chi connectivity index (χ4v) is 4.26. The summed E-state index contributed by atoms with van der Waals surface area (Å²) < 4.78 is 5.26. The zero-order valence-corrected chi connectivity index (χ0v) is 17.0. The number of thiophene rings is 1. The number of hydrazone groups is 1. The lowest BCUT2D eigenvalue weighted by atomic mass is 10.1. The Balaban J connectivity index is 1.73. The summed E-state index contributed by atoms with van der Waals surface area (Å²) in [5, 5.41) is 7.66. The number of aryl methyl sites for hydroxylation is 2. The lowest BCUT2D eigenvalue weighted by Crippen LogP contribution is -2.03. The molecular weight excluding hydrogens is 370 g/mol. The van der Waals surface area contributed by atoms with Crippen LogP contribution in [0.3, 0.4) is 0 Å². The van der Waals surface area contributed by atoms with Gasteiger partial charge in [-0.05, 0) is 44.0 Å². The molecule has 0 aliphatic heterocycles. The van der Waals surface area contributed by atoms with Gasteiger partial charge in [-0.3, -0.25) is 5.43 Å². The van der Waals surface area contributed by atoms with Gasteiger partial charge in [-0.2, -0.15) is 5.10 Å². The highest BCUT2D eigenvalue weighted by Gasteiger charge is 2.14. The number of rotatable bonds is 5. The van der Waals surface area contributed by atoms with Crippen LogP contribution in [0.1, 0.15) is 23.7 Å². The monoisotopic (exact) mass is 391 g/mol. The summed E-state index contributed by atoms with van der Waals surface area (Å²) >= 11 is 1.59. The van der Waals surface area contributed by atoms with E-state index < -0.39 is 0 Å². The maximum atomic E-state index is 5.26. The Morgan fingerprint density at radius 3 is 2.64 bits per heavy atom. The quantitative estimate of drug-likeness (QED) is 0.364. The smallest absolute Gasteiger partial charge is 0.159 e. The van der Waals surface area contributed by atoms with Crippen molar-refractivity contribution >= 4 is 33.1 Å². The molecule has 2 N–H and O–H groups in total. The van der Waals surface area contributed by atoms with Crippen LogP contribution in [-0.4, -0.2) is 27.8 Å². The number of nitrogens with one attached hydrogen (secondary N) is 2. The summed E-state index contributed by atoms with van der Waals surface area (Å²) in [6.45, 7) is 6.11. The molecule has 0 unspecified atom stereocenters. The Morgan fingerprint density at radius 1 is 1.18 bits per heavy atom. The molecule has 1 aromatic carbocycles. The minimum absolute atomic E-state index is 0.697. The summed E-state index contributed by atoms with van der Waals surface area (Å²) in [6.07, 6.45) is 3.56. The number of hydrogen-bond acceptors (Lipinski definition) is 6. The number of H-pyrrole nitrogens is 1. The highest BCUT2D eigenvalue weighted by atomic mass is 32.1. The van der Waals surface area contributed by atoms with Crippen molar-refractivity contribution in [3.63, 3.8) is 0 Å². The molecule has 3 aromatic heterocycles. The zero-order chi connectivity index (χ0) is 19.7. The maximum Gasteiger partial charge on any atom is 0.159 e. The summed E-state index contributed by atoms with van der Waals surface area (Å²) in [5.74, 6) is 1.53. The van der Waals surface area contributed by atoms with Gasteiger partial charge < -0.3 is 9.72 Å². The Morgan fingerprint density at radius 2 is 1.96 bits per heavy atom. The van der Waals surface area contributed by atoms with E-state index in [0.717, 1.165) is 44.1 Å². The molecule has 3 heterocycles. The number of nitrogens with zero attached hydrogens (tertiary/aromatic N) is 3. The molecule has 0 spiro atoms. The average molecular weight is 392 g/mol. The average Bonchev–Trinajstić information content (AvgIpc) is 3.29. The van der Waals surface area contributed by atoms with Crippen LogP contribution in [-0.2, 0) is 0 Å². The molecule has 28 heavy (non-hydrogen) atoms. The van der Waals surface area contributed by atoms with Gasteiger partial charge in [-0.15, -0.1) is 11.3 Å². The fraction of sp³-hybridized carbons (Fsp3) is 0.190. The van der Waals surface area contributed by atoms with Gasteiger partial charge in [0.25, 0.3) is 0 Å². The van der Waals surface area contributed by atoms with Crippen LogP contribution in [0.4, 0.5) is 5.82 Å². The van der Waals surface area contributed by atoms with Gasteiger partial charge >= 0.3 is 0 Å². The van der Waals surface area contributed by atoms with E-state index in [1.165, 1.54) is 5.56 Å². The Labute approximate surface area is 167 Å². The van der Waals surface area contributed by atoms with Crippen LogP contribution >= 0.6 is 11.3 Å². The van der Waals surface area contributed by atoms with Gasteiger partial charge in [-0.1, -0.05) is 12.1 Å². The highest BCUT2D eigenvalue weighted by Crippen LogP contribution is 2.37. The van der Waals surface area contributed by atoms with E-state index in [9.17, 15) is 0 Å². The van der Waals surface area contributed by atoms with E-state index in [1.807, 2.05) is 44.3 Å². The minimum Gasteiger partial charge on any atom is -0.497 e. The van der Waals surface area contributed by atoms with E-state index in [1.54, 1.807) is 24.8 Å². The van der Waals surface area contributed by atoms with Crippen molar-refractivity contribution in [2.45, 2.75) is 20.8 Å². The Hall–Kier alpha value is -3.19. The van der Waals surface area contributed by atoms with Crippen LogP contribution in [0.5, 0.6) is 5.75 Å². The van der Waals surface area contributed by atoms with E-state index in [4.69, 9.17) is 4.74 Å². The topological polar surface area (TPSA) is 75.2 Å². The fourth-order valence-electron chi connectivity index (χ4n) is 3.35. The second-order valence-corrected chi connectivity index (χ2v) is 7.42. The van der Waals surface area contributed by atoms with Gasteiger partial charge in [0.15, 0.2) is 5.82 Å². The first kappa shape index (κ1) is 18.2. The molecule has 0 fully saturated rings. The third kappa shape index (κ3) is 3.25. The molecule has 6 nitrogen and oxygen atoms in total. The van der Waals surface area contributed by atoms with Crippen molar-refractivity contribution in [1.29, 1.82) is 0 Å². The van der Waals surface area contributed by atoms with Crippen molar-refractivity contribution in [2.24, 2.45) is 5.10 Å². The molecule has 0 aliphatic rings. The second kappa shape index (κ2) is 7.44. The van der Waals surface area contributed by atoms with E-state index in [2.05, 4.69) is 37.8 Å². The van der Waals surface area contributed by atoms with Crippen molar-refractivity contribution in [2.75, 3.05) is 12.5 Å². The third-order valence-electron chi connectivity index (χ3n) is 4.74. The maximum absolute atomic E-state index is 5.26. The molecule has 0 amide bonds. The Bertz CT molecular complexity index is 1140. The summed E-state index contributed by atoms with van der Waals surface area (Å²) in [7, 11) is 1.67. The predicted octanol–water partition coefficient (Wildman–Crippen LogP) is 5.15. The first-order valence-corrected chi connectivity index (χ1v) is 9.78. The van der Waals surface area contributed by atoms with Gasteiger partial charge in [0, 0.05) is 28.4 Å². The van der Waals surface area contributed by atoms with E-state index in [0.29, 0.717) is 5.82 Å². The lowest BCUT2D eigenvalue weighted by molar-refractivity contribution is 0.415. The first-order chi connectivity index (χ1) is 13.6. The van der Waals surface area contributed by atoms with Crippen LogP contribution in [0.25, 0.3) is 21.3 Å². The molecule has 0 radical (unpaired) electrons. The largest absolute Gasteiger partial charge is 0.497 e. The molecule has 142 valence electrons. The van der Waals surface area contributed by atoms with E-state index >= 15 is 0 Å². The van der Waals surface area contributed by atoms with Crippen LogP contribution in [0.2, 0.25) is 0 Å². The predicted molar refractivity (Wildman–Crippen MR) is 116 cm³/mol. The van der Waals surface area contributed by atoms with Gasteiger partial charge in [-0.25, -0.2) is 9.97 Å². The second-order valence-electron chi connectivity index (χ2n) is 6.56. The van der Waals surface area contributed by atoms with Crippen LogP contribution in [0, 0.1) is 13.8 Å². The van der Waals surface area contributed by atoms with E-state index in [-0.39, 0.29) is 0 Å². The Kier molecular flexibility index (Phi) is 4.83. The van der Waals surface area contributed by atoms with Crippen molar-refractivity contribution in [3.8, 4) is 16.9 Å². The number of anilines is 1. The van der Waals surface area contributed by atoms with Crippen LogP contribution < -0.4 is 10.2 Å². The van der Waals surface area contributed by atoms with Crippen molar-refractivity contribution in [1.82, 2.24) is 15.0 Å². The normalized spacial score (nSPS) is 11.8. The number of hydrogen-bond donors (Lipinski definition) is 2. The van der Waals surface area contributed by atoms with Crippen molar-refractivity contribution < 1.29 is 4.74 Å². The molecule has 0 saturated heterocycles. The zero-order valence-electron chi connectivity index (χ0n) is 16.2. The molecule has 7 heteroatoms. The first-order valence-electron chi connectivity index (χ1n) is 8.90. The minimum atomic E-state index is 0.697. The summed E-state index contributed by atoms with van der Waals surface area (Å²) in [6, 6.07) is 7.99. The number of benzene rings is 1. The number of ether oxygens (including phenoxy) is 1. The lowest BCUT2D eigenvalue weighted by Gasteiger charge is -2.07. The third-order valence-corrected chi connectivity index (χ3v) is 5.62. The molecule has 4 rings (SSSR count). The van der Waals surface area contributed by atoms with Gasteiger partial charge in [0.05, 0.1) is 18.2 Å². The highest BCUT2D eigenvalue weighted by molar-refractivity contribution is 7.17. The standard InChI is InChI=1S/C21H21N5OS/c1-12-9-22-13(2)18(12)14(3)25-26-20-19-17(10-28-21(19)24-11-23-20)15-5-7-16(27-4)8-6-15/h5-11,22H,1-4H3,(H,23,24,26)/b25-14+. The number of aromatic amines is 1. The number of methoxy groups -OCH3 is 1.